The molecule has 0 aliphatic heterocycles. The van der Waals surface area contributed by atoms with Crippen molar-refractivity contribution in [1.82, 2.24) is 14.6 Å². The van der Waals surface area contributed by atoms with Crippen LogP contribution in [0.5, 0.6) is 0 Å². The summed E-state index contributed by atoms with van der Waals surface area (Å²) in [6, 6.07) is 3.59. The number of aromatic nitrogens is 3. The van der Waals surface area contributed by atoms with Crippen molar-refractivity contribution in [1.29, 1.82) is 0 Å². The van der Waals surface area contributed by atoms with Gasteiger partial charge < -0.3 is 5.11 Å². The molecular weight excluding hydrogens is 218 g/mol. The number of carboxylic acids is 1. The van der Waals surface area contributed by atoms with Crippen molar-refractivity contribution in [2.24, 2.45) is 0 Å². The van der Waals surface area contributed by atoms with Crippen LogP contribution in [0.3, 0.4) is 0 Å². The Balaban J connectivity index is 2.26. The lowest BCUT2D eigenvalue weighted by atomic mass is 9.85. The number of carbonyl (C=O) groups is 1. The summed E-state index contributed by atoms with van der Waals surface area (Å²) in [5, 5.41) is 13.5. The highest BCUT2D eigenvalue weighted by atomic mass is 16.4. The molecule has 0 spiro atoms. The van der Waals surface area contributed by atoms with Gasteiger partial charge in [-0.2, -0.15) is 5.10 Å². The predicted octanol–water partition coefficient (Wildman–Crippen LogP) is 2.00. The molecule has 2 heterocycles. The molecule has 5 heteroatoms. The number of aryl methyl sites for hydroxylation is 1. The number of carboxylic acid groups (broad SMARTS) is 1. The number of aromatic carboxylic acids is 1. The van der Waals surface area contributed by atoms with E-state index in [1.54, 1.807) is 10.6 Å². The maximum atomic E-state index is 11.1. The second kappa shape index (κ2) is 3.55. The third-order valence-electron chi connectivity index (χ3n) is 3.33. The van der Waals surface area contributed by atoms with E-state index in [4.69, 9.17) is 5.11 Å². The number of rotatable bonds is 2. The van der Waals surface area contributed by atoms with Crippen molar-refractivity contribution in [3.63, 3.8) is 0 Å². The first-order valence-corrected chi connectivity index (χ1v) is 5.76. The molecule has 1 aliphatic rings. The number of hydrogen-bond donors (Lipinski definition) is 1. The van der Waals surface area contributed by atoms with E-state index in [1.165, 1.54) is 6.42 Å². The fourth-order valence-corrected chi connectivity index (χ4v) is 2.18. The minimum Gasteiger partial charge on any atom is -0.476 e. The highest BCUT2D eigenvalue weighted by Crippen LogP contribution is 2.36. The largest absolute Gasteiger partial charge is 0.476 e. The molecule has 17 heavy (non-hydrogen) atoms. The van der Waals surface area contributed by atoms with E-state index >= 15 is 0 Å². The van der Waals surface area contributed by atoms with E-state index in [1.807, 2.05) is 13.0 Å². The Kier molecular flexibility index (Phi) is 2.14. The van der Waals surface area contributed by atoms with E-state index in [2.05, 4.69) is 10.1 Å². The van der Waals surface area contributed by atoms with Crippen LogP contribution in [0.4, 0.5) is 0 Å². The Morgan fingerprint density at radius 3 is 2.82 bits per heavy atom. The van der Waals surface area contributed by atoms with Gasteiger partial charge in [-0.05, 0) is 31.9 Å². The Hall–Kier alpha value is -1.91. The van der Waals surface area contributed by atoms with E-state index in [0.717, 1.165) is 24.4 Å². The summed E-state index contributed by atoms with van der Waals surface area (Å²) in [7, 11) is 0. The third kappa shape index (κ3) is 1.50. The van der Waals surface area contributed by atoms with Crippen LogP contribution in [-0.2, 0) is 0 Å². The van der Waals surface area contributed by atoms with Gasteiger partial charge in [0.15, 0.2) is 5.69 Å². The summed E-state index contributed by atoms with van der Waals surface area (Å²) in [5.41, 5.74) is 1.57. The van der Waals surface area contributed by atoms with Gasteiger partial charge in [-0.25, -0.2) is 14.3 Å². The van der Waals surface area contributed by atoms with Crippen LogP contribution in [0.25, 0.3) is 5.52 Å². The van der Waals surface area contributed by atoms with Crippen LogP contribution < -0.4 is 0 Å². The molecule has 1 saturated carbocycles. The van der Waals surface area contributed by atoms with Gasteiger partial charge in [-0.1, -0.05) is 6.42 Å². The molecule has 3 rings (SSSR count). The zero-order valence-electron chi connectivity index (χ0n) is 9.55. The fraction of sp³-hybridized carbons (Fsp3) is 0.417. The second-order valence-corrected chi connectivity index (χ2v) is 4.52. The van der Waals surface area contributed by atoms with Crippen molar-refractivity contribution >= 4 is 11.5 Å². The molecule has 0 aromatic carbocycles. The topological polar surface area (TPSA) is 67.5 Å². The van der Waals surface area contributed by atoms with Gasteiger partial charge in [0.2, 0.25) is 0 Å². The van der Waals surface area contributed by atoms with Crippen molar-refractivity contribution in [2.75, 3.05) is 0 Å². The first-order chi connectivity index (χ1) is 8.16. The average molecular weight is 231 g/mol. The van der Waals surface area contributed by atoms with Crippen LogP contribution in [0.15, 0.2) is 12.1 Å². The summed E-state index contributed by atoms with van der Waals surface area (Å²) in [6.45, 7) is 1.89. The van der Waals surface area contributed by atoms with Gasteiger partial charge in [0.05, 0.1) is 11.2 Å². The molecule has 1 aliphatic carbocycles. The molecule has 5 nitrogen and oxygen atoms in total. The molecule has 88 valence electrons. The maximum Gasteiger partial charge on any atom is 0.356 e. The van der Waals surface area contributed by atoms with Gasteiger partial charge >= 0.3 is 5.97 Å². The molecule has 2 aromatic rings. The quantitative estimate of drug-likeness (QED) is 0.858. The minimum absolute atomic E-state index is 0.111. The number of fused-ring (bicyclic) bond motifs is 1. The molecule has 0 bridgehead atoms. The Bertz CT molecular complexity index is 599. The normalized spacial score (nSPS) is 16.1. The summed E-state index contributed by atoms with van der Waals surface area (Å²) in [6.07, 6.45) is 3.34. The minimum atomic E-state index is -0.987. The first-order valence-electron chi connectivity index (χ1n) is 5.76. The van der Waals surface area contributed by atoms with Gasteiger partial charge in [-0.15, -0.1) is 0 Å². The fourth-order valence-electron chi connectivity index (χ4n) is 2.18. The highest BCUT2D eigenvalue weighted by molar-refractivity contribution is 5.93. The van der Waals surface area contributed by atoms with Gasteiger partial charge in [-0.3, -0.25) is 0 Å². The lowest BCUT2D eigenvalue weighted by Crippen LogP contribution is -2.13. The lowest BCUT2D eigenvalue weighted by Gasteiger charge is -2.23. The predicted molar refractivity (Wildman–Crippen MR) is 61.3 cm³/mol. The molecule has 1 N–H and O–H groups in total. The van der Waals surface area contributed by atoms with Crippen molar-refractivity contribution in [2.45, 2.75) is 32.1 Å². The Labute approximate surface area is 98.1 Å². The maximum absolute atomic E-state index is 11.1. The SMILES string of the molecule is Cc1ccc2c(C(=O)O)nc(C3CCC3)n2n1. The first kappa shape index (κ1) is 10.3. The third-order valence-corrected chi connectivity index (χ3v) is 3.33. The summed E-state index contributed by atoms with van der Waals surface area (Å²) < 4.78 is 1.70. The summed E-state index contributed by atoms with van der Waals surface area (Å²) in [5.74, 6) is 0.177. The summed E-state index contributed by atoms with van der Waals surface area (Å²) in [4.78, 5) is 15.4. The zero-order chi connectivity index (χ0) is 12.0. The number of imidazole rings is 1. The second-order valence-electron chi connectivity index (χ2n) is 4.52. The van der Waals surface area contributed by atoms with E-state index in [0.29, 0.717) is 11.4 Å². The van der Waals surface area contributed by atoms with Crippen LogP contribution in [0, 0.1) is 6.92 Å². The molecule has 0 radical (unpaired) electrons. The van der Waals surface area contributed by atoms with Crippen molar-refractivity contribution in [3.8, 4) is 0 Å². The molecule has 2 aromatic heterocycles. The summed E-state index contributed by atoms with van der Waals surface area (Å²) >= 11 is 0. The standard InChI is InChI=1S/C12H13N3O2/c1-7-5-6-9-10(12(16)17)13-11(15(9)14-7)8-3-2-4-8/h5-6,8H,2-4H2,1H3,(H,16,17). The van der Waals surface area contributed by atoms with Crippen LogP contribution in [0.2, 0.25) is 0 Å². The van der Waals surface area contributed by atoms with Gasteiger partial charge in [0.1, 0.15) is 5.82 Å². The molecule has 1 fully saturated rings. The zero-order valence-corrected chi connectivity index (χ0v) is 9.55. The number of nitrogens with zero attached hydrogens (tertiary/aromatic N) is 3. The van der Waals surface area contributed by atoms with Gasteiger partial charge in [0, 0.05) is 5.92 Å². The van der Waals surface area contributed by atoms with Crippen molar-refractivity contribution < 1.29 is 9.90 Å². The van der Waals surface area contributed by atoms with Crippen LogP contribution in [0.1, 0.15) is 47.2 Å². The highest BCUT2D eigenvalue weighted by Gasteiger charge is 2.27. The molecule has 0 amide bonds. The van der Waals surface area contributed by atoms with E-state index in [-0.39, 0.29) is 5.69 Å². The monoisotopic (exact) mass is 231 g/mol. The number of hydrogen-bond acceptors (Lipinski definition) is 3. The average Bonchev–Trinajstić information content (AvgIpc) is 2.55. The van der Waals surface area contributed by atoms with Crippen LogP contribution >= 0.6 is 0 Å². The molecule has 0 unspecified atom stereocenters. The van der Waals surface area contributed by atoms with Crippen LogP contribution in [-0.4, -0.2) is 25.7 Å². The molecule has 0 saturated heterocycles. The van der Waals surface area contributed by atoms with E-state index < -0.39 is 5.97 Å². The van der Waals surface area contributed by atoms with Crippen molar-refractivity contribution in [3.05, 3.63) is 29.3 Å². The Morgan fingerprint density at radius 2 is 2.24 bits per heavy atom. The lowest BCUT2D eigenvalue weighted by molar-refractivity contribution is 0.0693. The Morgan fingerprint density at radius 1 is 1.47 bits per heavy atom. The smallest absolute Gasteiger partial charge is 0.356 e. The molecule has 0 atom stereocenters. The molecular formula is C12H13N3O2. The van der Waals surface area contributed by atoms with Gasteiger partial charge in [0.25, 0.3) is 0 Å². The van der Waals surface area contributed by atoms with E-state index in [9.17, 15) is 4.79 Å².